The molecule has 0 bridgehead atoms. The van der Waals surface area contributed by atoms with Crippen molar-refractivity contribution in [3.05, 3.63) is 47.8 Å². The molecule has 2 aromatic rings. The second-order valence-corrected chi connectivity index (χ2v) is 7.00. The van der Waals surface area contributed by atoms with E-state index in [4.69, 9.17) is 5.73 Å². The topological polar surface area (TPSA) is 87.7 Å². The zero-order valence-electron chi connectivity index (χ0n) is 15.1. The van der Waals surface area contributed by atoms with Gasteiger partial charge in [0.15, 0.2) is 0 Å². The molecule has 0 aliphatic carbocycles. The van der Waals surface area contributed by atoms with E-state index < -0.39 is 17.7 Å². The predicted octanol–water partition coefficient (Wildman–Crippen LogP) is 2.51. The number of halogens is 2. The van der Waals surface area contributed by atoms with Crippen LogP contribution in [0.25, 0.3) is 0 Å². The Morgan fingerprint density at radius 2 is 1.79 bits per heavy atom. The quantitative estimate of drug-likeness (QED) is 0.876. The number of nitrogens with zero attached hydrogens (tertiary/aromatic N) is 5. The van der Waals surface area contributed by atoms with Gasteiger partial charge in [0.1, 0.15) is 29.6 Å². The summed E-state index contributed by atoms with van der Waals surface area (Å²) in [6, 6.07) is 4.57. The van der Waals surface area contributed by atoms with E-state index in [2.05, 4.69) is 20.0 Å². The molecule has 1 aromatic carbocycles. The molecule has 1 fully saturated rings. The maximum atomic E-state index is 13.6. The summed E-state index contributed by atoms with van der Waals surface area (Å²) < 4.78 is 27.2. The number of amides is 1. The van der Waals surface area contributed by atoms with Crippen molar-refractivity contribution in [3.63, 3.8) is 0 Å². The number of hydrogen-bond acceptors (Lipinski definition) is 6. The molecule has 28 heavy (non-hydrogen) atoms. The van der Waals surface area contributed by atoms with Crippen LogP contribution in [0.15, 0.2) is 35.7 Å². The lowest BCUT2D eigenvalue weighted by molar-refractivity contribution is -0.138. The highest BCUT2D eigenvalue weighted by Crippen LogP contribution is 2.33. The van der Waals surface area contributed by atoms with Crippen LogP contribution in [0.3, 0.4) is 0 Å². The Labute approximate surface area is 160 Å². The minimum atomic E-state index is -0.660. The van der Waals surface area contributed by atoms with Crippen LogP contribution in [0.1, 0.15) is 30.9 Å². The van der Waals surface area contributed by atoms with Gasteiger partial charge >= 0.3 is 0 Å². The number of rotatable bonds is 3. The fraction of sp³-hybridized carbons (Fsp3) is 0.368. The van der Waals surface area contributed by atoms with Gasteiger partial charge in [0.05, 0.1) is 6.04 Å². The first kappa shape index (κ1) is 18.3. The van der Waals surface area contributed by atoms with Crippen molar-refractivity contribution in [2.75, 3.05) is 23.7 Å². The minimum Gasteiger partial charge on any atom is -0.384 e. The molecule has 1 aromatic heterocycles. The van der Waals surface area contributed by atoms with Gasteiger partial charge in [0.2, 0.25) is 5.91 Å². The van der Waals surface area contributed by atoms with Gasteiger partial charge in [-0.2, -0.15) is 5.10 Å². The van der Waals surface area contributed by atoms with E-state index in [-0.39, 0.29) is 11.8 Å². The molecule has 2 aliphatic heterocycles. The van der Waals surface area contributed by atoms with Gasteiger partial charge in [0, 0.05) is 43.8 Å². The number of nitrogens with two attached hydrogens (primary N) is 1. The zero-order chi connectivity index (χ0) is 19.7. The van der Waals surface area contributed by atoms with Crippen LogP contribution in [0.2, 0.25) is 0 Å². The van der Waals surface area contributed by atoms with E-state index in [0.29, 0.717) is 43.7 Å². The smallest absolute Gasteiger partial charge is 0.246 e. The highest BCUT2D eigenvalue weighted by molar-refractivity contribution is 5.82. The first-order valence-electron chi connectivity index (χ1n) is 9.15. The normalized spacial score (nSPS) is 20.0. The summed E-state index contributed by atoms with van der Waals surface area (Å²) in [5.74, 6) is -0.499. The summed E-state index contributed by atoms with van der Waals surface area (Å²) in [7, 11) is 0. The predicted molar refractivity (Wildman–Crippen MR) is 100 cm³/mol. The number of hydrogen-bond donors (Lipinski definition) is 1. The van der Waals surface area contributed by atoms with Crippen LogP contribution in [0.5, 0.6) is 0 Å². The number of carbonyl (C=O) groups excluding carboxylic acids is 1. The largest absolute Gasteiger partial charge is 0.384 e. The Balaban J connectivity index is 1.44. The molecule has 2 N–H and O–H groups in total. The molecule has 9 heteroatoms. The Bertz CT molecular complexity index is 893. The molecule has 0 saturated carbocycles. The molecular formula is C19H20F2N6O. The van der Waals surface area contributed by atoms with Crippen LogP contribution in [0.4, 0.5) is 20.4 Å². The summed E-state index contributed by atoms with van der Waals surface area (Å²) in [4.78, 5) is 23.2. The third-order valence-electron chi connectivity index (χ3n) is 5.17. The first-order valence-corrected chi connectivity index (χ1v) is 9.15. The van der Waals surface area contributed by atoms with Crippen molar-refractivity contribution >= 4 is 23.8 Å². The van der Waals surface area contributed by atoms with E-state index in [0.717, 1.165) is 11.9 Å². The summed E-state index contributed by atoms with van der Waals surface area (Å²) in [5, 5.41) is 5.55. The van der Waals surface area contributed by atoms with Crippen LogP contribution < -0.4 is 10.6 Å². The van der Waals surface area contributed by atoms with Gasteiger partial charge in [-0.05, 0) is 30.5 Å². The molecule has 1 amide bonds. The zero-order valence-corrected chi connectivity index (χ0v) is 15.1. The minimum absolute atomic E-state index is 0.120. The number of hydrazone groups is 1. The summed E-state index contributed by atoms with van der Waals surface area (Å²) in [6.45, 7) is 1.31. The van der Waals surface area contributed by atoms with Crippen LogP contribution in [0, 0.1) is 17.6 Å². The second kappa shape index (κ2) is 7.49. The van der Waals surface area contributed by atoms with Gasteiger partial charge in [-0.25, -0.2) is 23.8 Å². The Morgan fingerprint density at radius 3 is 2.46 bits per heavy atom. The van der Waals surface area contributed by atoms with Gasteiger partial charge in [-0.15, -0.1) is 0 Å². The van der Waals surface area contributed by atoms with E-state index in [1.807, 2.05) is 0 Å². The molecule has 0 spiro atoms. The van der Waals surface area contributed by atoms with Crippen molar-refractivity contribution in [1.29, 1.82) is 0 Å². The van der Waals surface area contributed by atoms with Crippen molar-refractivity contribution in [2.24, 2.45) is 11.0 Å². The number of nitrogen functional groups attached to an aromatic ring is 1. The number of benzene rings is 1. The number of piperidine rings is 1. The molecule has 1 unspecified atom stereocenters. The molecule has 3 heterocycles. The molecule has 2 aliphatic rings. The van der Waals surface area contributed by atoms with Gasteiger partial charge < -0.3 is 10.6 Å². The van der Waals surface area contributed by atoms with E-state index >= 15 is 0 Å². The Hall–Kier alpha value is -3.10. The lowest BCUT2D eigenvalue weighted by atomic mass is 9.94. The monoisotopic (exact) mass is 386 g/mol. The van der Waals surface area contributed by atoms with Gasteiger partial charge in [-0.3, -0.25) is 4.79 Å². The number of aromatic nitrogens is 2. The third kappa shape index (κ3) is 3.64. The van der Waals surface area contributed by atoms with E-state index in [1.165, 1.54) is 23.5 Å². The lowest BCUT2D eigenvalue weighted by Gasteiger charge is -2.34. The van der Waals surface area contributed by atoms with Crippen LogP contribution >= 0.6 is 0 Å². The molecular weight excluding hydrogens is 366 g/mol. The fourth-order valence-electron chi connectivity index (χ4n) is 3.75. The molecule has 1 saturated heterocycles. The van der Waals surface area contributed by atoms with Crippen molar-refractivity contribution in [1.82, 2.24) is 15.0 Å². The molecule has 4 rings (SSSR count). The van der Waals surface area contributed by atoms with Crippen molar-refractivity contribution in [3.8, 4) is 0 Å². The molecule has 7 nitrogen and oxygen atoms in total. The van der Waals surface area contributed by atoms with Gasteiger partial charge in [-0.1, -0.05) is 0 Å². The van der Waals surface area contributed by atoms with E-state index in [9.17, 15) is 13.6 Å². The molecule has 0 radical (unpaired) electrons. The number of anilines is 2. The standard InChI is InChI=1S/C19H20F2N6O/c20-14-7-13(8-15(21)9-14)16-1-4-25-27(16)19(28)12-2-5-26(6-3-12)18-10-17(22)23-11-24-18/h4,7-12,16H,1-3,5-6H2,(H2,22,23,24). The second-order valence-electron chi connectivity index (χ2n) is 7.00. The SMILES string of the molecule is Nc1cc(N2CCC(C(=O)N3N=CCC3c3cc(F)cc(F)c3)CC2)ncn1. The Morgan fingerprint density at radius 1 is 1.07 bits per heavy atom. The fourth-order valence-corrected chi connectivity index (χ4v) is 3.75. The number of carbonyl (C=O) groups is 1. The summed E-state index contributed by atoms with van der Waals surface area (Å²) in [6.07, 6.45) is 4.75. The third-order valence-corrected chi connectivity index (χ3v) is 5.17. The van der Waals surface area contributed by atoms with Gasteiger partial charge in [0.25, 0.3) is 0 Å². The van der Waals surface area contributed by atoms with Crippen LogP contribution in [-0.2, 0) is 4.79 Å². The Kier molecular flexibility index (Phi) is 4.89. The first-order chi connectivity index (χ1) is 13.5. The highest BCUT2D eigenvalue weighted by Gasteiger charge is 2.35. The molecule has 1 atom stereocenters. The van der Waals surface area contributed by atoms with Crippen LogP contribution in [-0.4, -0.2) is 40.2 Å². The van der Waals surface area contributed by atoms with Crippen molar-refractivity contribution in [2.45, 2.75) is 25.3 Å². The molecule has 146 valence electrons. The average molecular weight is 386 g/mol. The summed E-state index contributed by atoms with van der Waals surface area (Å²) >= 11 is 0. The van der Waals surface area contributed by atoms with E-state index in [1.54, 1.807) is 12.3 Å². The highest BCUT2D eigenvalue weighted by atomic mass is 19.1. The average Bonchev–Trinajstić information content (AvgIpc) is 3.17. The van der Waals surface area contributed by atoms with Crippen molar-refractivity contribution < 1.29 is 13.6 Å². The lowest BCUT2D eigenvalue weighted by Crippen LogP contribution is -2.41. The maximum absolute atomic E-state index is 13.6. The summed E-state index contributed by atoms with van der Waals surface area (Å²) in [5.41, 5.74) is 6.12. The maximum Gasteiger partial charge on any atom is 0.246 e.